The monoisotopic (exact) mass is 456 g/mol. The van der Waals surface area contributed by atoms with Crippen LogP contribution in [0.2, 0.25) is 10.0 Å². The van der Waals surface area contributed by atoms with Crippen LogP contribution in [0.15, 0.2) is 60.9 Å². The number of benzene rings is 2. The lowest BCUT2D eigenvalue weighted by molar-refractivity contribution is -0.132. The van der Waals surface area contributed by atoms with E-state index in [-0.39, 0.29) is 11.8 Å². The van der Waals surface area contributed by atoms with Crippen molar-refractivity contribution in [3.8, 4) is 5.69 Å². The van der Waals surface area contributed by atoms with Gasteiger partial charge in [-0.15, -0.1) is 0 Å². The van der Waals surface area contributed by atoms with Crippen molar-refractivity contribution in [1.82, 2.24) is 19.6 Å². The molecule has 1 aliphatic rings. The normalized spacial score (nSPS) is 14.0. The van der Waals surface area contributed by atoms with Gasteiger partial charge in [-0.1, -0.05) is 41.4 Å². The van der Waals surface area contributed by atoms with Gasteiger partial charge in [0.2, 0.25) is 5.91 Å². The number of hydrogen-bond donors (Lipinski definition) is 0. The fraction of sp³-hybridized carbons (Fsp3) is 0.261. The molecule has 31 heavy (non-hydrogen) atoms. The average molecular weight is 457 g/mol. The summed E-state index contributed by atoms with van der Waals surface area (Å²) in [5.41, 5.74) is 2.47. The highest BCUT2D eigenvalue weighted by Gasteiger charge is 2.25. The number of rotatable bonds is 5. The summed E-state index contributed by atoms with van der Waals surface area (Å²) in [4.78, 5) is 28.9. The van der Waals surface area contributed by atoms with Crippen LogP contribution in [0.5, 0.6) is 0 Å². The molecule has 160 valence electrons. The Morgan fingerprint density at radius 1 is 0.903 bits per heavy atom. The Morgan fingerprint density at radius 2 is 1.55 bits per heavy atom. The van der Waals surface area contributed by atoms with Gasteiger partial charge in [0.05, 0.1) is 11.9 Å². The van der Waals surface area contributed by atoms with E-state index in [1.54, 1.807) is 29.3 Å². The highest BCUT2D eigenvalue weighted by Crippen LogP contribution is 2.21. The second kappa shape index (κ2) is 9.54. The molecule has 1 fully saturated rings. The van der Waals surface area contributed by atoms with E-state index < -0.39 is 0 Å². The molecular weight excluding hydrogens is 435 g/mol. The third-order valence-electron chi connectivity index (χ3n) is 5.31. The minimum absolute atomic E-state index is 0.0883. The summed E-state index contributed by atoms with van der Waals surface area (Å²) >= 11 is 12.0. The summed E-state index contributed by atoms with van der Waals surface area (Å²) < 4.78 is 1.81. The highest BCUT2D eigenvalue weighted by molar-refractivity contribution is 6.35. The van der Waals surface area contributed by atoms with Gasteiger partial charge in [0, 0.05) is 54.4 Å². The van der Waals surface area contributed by atoms with Gasteiger partial charge in [0.15, 0.2) is 0 Å². The van der Waals surface area contributed by atoms with E-state index in [2.05, 4.69) is 5.10 Å². The molecule has 4 rings (SSSR count). The van der Waals surface area contributed by atoms with Gasteiger partial charge in [-0.05, 0) is 42.3 Å². The van der Waals surface area contributed by atoms with Gasteiger partial charge < -0.3 is 9.80 Å². The Bertz CT molecular complexity index is 1060. The number of amides is 2. The van der Waals surface area contributed by atoms with Crippen molar-refractivity contribution in [1.29, 1.82) is 0 Å². The van der Waals surface area contributed by atoms with E-state index >= 15 is 0 Å². The molecule has 0 saturated carbocycles. The van der Waals surface area contributed by atoms with E-state index in [0.717, 1.165) is 11.3 Å². The number of aromatic nitrogens is 2. The lowest BCUT2D eigenvalue weighted by Gasteiger charge is -2.35. The fourth-order valence-corrected chi connectivity index (χ4v) is 4.17. The maximum absolute atomic E-state index is 12.7. The first-order valence-electron chi connectivity index (χ1n) is 10.1. The molecule has 1 saturated heterocycles. The molecular formula is C23H22Cl2N4O2. The van der Waals surface area contributed by atoms with Crippen LogP contribution in [-0.4, -0.2) is 57.6 Å². The number of nitrogens with zero attached hydrogens (tertiary/aromatic N) is 4. The molecule has 2 amide bonds. The predicted molar refractivity (Wildman–Crippen MR) is 121 cm³/mol. The zero-order valence-corrected chi connectivity index (χ0v) is 18.4. The van der Waals surface area contributed by atoms with Crippen LogP contribution < -0.4 is 0 Å². The number of carbonyl (C=O) groups excluding carboxylic acids is 2. The van der Waals surface area contributed by atoms with Crippen molar-refractivity contribution >= 4 is 35.0 Å². The van der Waals surface area contributed by atoms with Crippen LogP contribution in [-0.2, 0) is 11.2 Å². The van der Waals surface area contributed by atoms with Gasteiger partial charge in [0.1, 0.15) is 0 Å². The molecule has 0 aliphatic carbocycles. The van der Waals surface area contributed by atoms with Crippen molar-refractivity contribution in [2.45, 2.75) is 12.8 Å². The molecule has 0 atom stereocenters. The topological polar surface area (TPSA) is 58.4 Å². The molecule has 0 radical (unpaired) electrons. The number of para-hydroxylation sites is 1. The second-order valence-corrected chi connectivity index (χ2v) is 8.33. The van der Waals surface area contributed by atoms with Crippen molar-refractivity contribution in [3.05, 3.63) is 82.1 Å². The Kier molecular flexibility index (Phi) is 6.59. The van der Waals surface area contributed by atoms with Gasteiger partial charge in [0.25, 0.3) is 5.91 Å². The molecule has 1 aliphatic heterocycles. The van der Waals surface area contributed by atoms with Crippen molar-refractivity contribution in [3.63, 3.8) is 0 Å². The summed E-state index contributed by atoms with van der Waals surface area (Å²) in [5, 5.41) is 5.24. The van der Waals surface area contributed by atoms with Crippen molar-refractivity contribution in [2.75, 3.05) is 26.2 Å². The van der Waals surface area contributed by atoms with Crippen LogP contribution in [0.4, 0.5) is 0 Å². The molecule has 0 bridgehead atoms. The first-order chi connectivity index (χ1) is 15.0. The zero-order chi connectivity index (χ0) is 21.8. The minimum atomic E-state index is -0.121. The first-order valence-corrected chi connectivity index (χ1v) is 10.9. The number of carbonyl (C=O) groups is 2. The smallest absolute Gasteiger partial charge is 0.254 e. The van der Waals surface area contributed by atoms with Crippen molar-refractivity contribution < 1.29 is 9.59 Å². The third kappa shape index (κ3) is 5.27. The lowest BCUT2D eigenvalue weighted by Crippen LogP contribution is -2.50. The van der Waals surface area contributed by atoms with E-state index in [0.29, 0.717) is 54.6 Å². The van der Waals surface area contributed by atoms with E-state index in [9.17, 15) is 9.59 Å². The predicted octanol–water partition coefficient (Wildman–Crippen LogP) is 4.10. The van der Waals surface area contributed by atoms with Crippen molar-refractivity contribution in [2.24, 2.45) is 0 Å². The van der Waals surface area contributed by atoms with Crippen LogP contribution in [0, 0.1) is 0 Å². The molecule has 0 unspecified atom stereocenters. The van der Waals surface area contributed by atoms with Crippen LogP contribution >= 0.6 is 23.2 Å². The molecule has 3 aromatic rings. The second-order valence-electron chi connectivity index (χ2n) is 7.46. The number of piperazine rings is 1. The Balaban J connectivity index is 1.28. The largest absolute Gasteiger partial charge is 0.339 e. The highest BCUT2D eigenvalue weighted by atomic mass is 35.5. The van der Waals surface area contributed by atoms with E-state index in [4.69, 9.17) is 23.2 Å². The summed E-state index contributed by atoms with van der Waals surface area (Å²) in [6.45, 7) is 2.01. The van der Waals surface area contributed by atoms with Gasteiger partial charge in [-0.2, -0.15) is 5.10 Å². The summed E-state index contributed by atoms with van der Waals surface area (Å²) in [5.74, 6) is -0.0322. The van der Waals surface area contributed by atoms with Crippen LogP contribution in [0.1, 0.15) is 22.3 Å². The average Bonchev–Trinajstić information content (AvgIpc) is 3.26. The summed E-state index contributed by atoms with van der Waals surface area (Å²) in [6.07, 6.45) is 4.80. The van der Waals surface area contributed by atoms with Gasteiger partial charge in [-0.25, -0.2) is 4.68 Å². The SMILES string of the molecule is O=C(CCc1cnn(-c2ccccc2)c1)N1CCN(C(=O)c2cc(Cl)cc(Cl)c2)CC1. The molecule has 0 spiro atoms. The van der Waals surface area contributed by atoms with Crippen LogP contribution in [0.3, 0.4) is 0 Å². The lowest BCUT2D eigenvalue weighted by atomic mass is 10.1. The quantitative estimate of drug-likeness (QED) is 0.580. The molecule has 1 aromatic heterocycles. The zero-order valence-electron chi connectivity index (χ0n) is 16.9. The Labute approximate surface area is 191 Å². The molecule has 2 aromatic carbocycles. The molecule has 6 nitrogen and oxygen atoms in total. The fourth-order valence-electron chi connectivity index (χ4n) is 3.64. The maximum Gasteiger partial charge on any atom is 0.254 e. The van der Waals surface area contributed by atoms with Crippen LogP contribution in [0.25, 0.3) is 5.69 Å². The standard InChI is InChI=1S/C23H22Cl2N4O2/c24-19-12-18(13-20(25)14-19)23(31)28-10-8-27(9-11-28)22(30)7-6-17-15-26-29(16-17)21-4-2-1-3-5-21/h1-5,12-16H,6-11H2. The maximum atomic E-state index is 12.7. The minimum Gasteiger partial charge on any atom is -0.339 e. The van der Waals surface area contributed by atoms with E-state index in [1.807, 2.05) is 46.1 Å². The molecule has 0 N–H and O–H groups in total. The number of halogens is 2. The third-order valence-corrected chi connectivity index (χ3v) is 5.75. The number of hydrogen-bond acceptors (Lipinski definition) is 3. The summed E-state index contributed by atoms with van der Waals surface area (Å²) in [6, 6.07) is 14.7. The Morgan fingerprint density at radius 3 is 2.23 bits per heavy atom. The summed E-state index contributed by atoms with van der Waals surface area (Å²) in [7, 11) is 0. The van der Waals surface area contributed by atoms with Gasteiger partial charge >= 0.3 is 0 Å². The van der Waals surface area contributed by atoms with Gasteiger partial charge in [-0.3, -0.25) is 9.59 Å². The first kappa shape index (κ1) is 21.4. The molecule has 2 heterocycles. The van der Waals surface area contributed by atoms with E-state index in [1.165, 1.54) is 0 Å². The Hall–Kier alpha value is -2.83. The number of aryl methyl sites for hydroxylation is 1. The molecule has 8 heteroatoms.